The fourth-order valence-corrected chi connectivity index (χ4v) is 5.24. The van der Waals surface area contributed by atoms with Gasteiger partial charge in [0.05, 0.1) is 96.1 Å². The summed E-state index contributed by atoms with van der Waals surface area (Å²) in [4.78, 5) is 34.0. The molecule has 14 heteroatoms. The molecule has 0 radical (unpaired) electrons. The number of nitriles is 1. The van der Waals surface area contributed by atoms with Crippen molar-refractivity contribution in [2.45, 2.75) is 84.9 Å². The van der Waals surface area contributed by atoms with Crippen LogP contribution in [0.25, 0.3) is 0 Å². The number of rotatable bonds is 24. The van der Waals surface area contributed by atoms with Gasteiger partial charge in [-0.25, -0.2) is 4.67 Å². The van der Waals surface area contributed by atoms with Crippen molar-refractivity contribution in [3.63, 3.8) is 0 Å². The van der Waals surface area contributed by atoms with Gasteiger partial charge in [-0.05, 0) is 41.5 Å². The zero-order chi connectivity index (χ0) is 30.8. The number of esters is 1. The van der Waals surface area contributed by atoms with E-state index in [1.54, 1.807) is 13.8 Å². The van der Waals surface area contributed by atoms with Crippen molar-refractivity contribution in [3.8, 4) is 6.07 Å². The number of hydrogen-bond acceptors (Lipinski definition) is 11. The monoisotopic (exact) mass is 594 g/mol. The molecule has 0 saturated heterocycles. The average molecular weight is 595 g/mol. The number of hydrogen-bond donors (Lipinski definition) is 2. The first-order valence-corrected chi connectivity index (χ1v) is 14.3. The zero-order valence-corrected chi connectivity index (χ0v) is 25.7. The Morgan fingerprint density at radius 2 is 1.45 bits per heavy atom. The number of carboxylic acids is 2. The fraction of sp³-hybridized carbons (Fsp3) is 0.846. The van der Waals surface area contributed by atoms with Gasteiger partial charge in [0.15, 0.2) is 0 Å². The molecule has 0 amide bonds. The van der Waals surface area contributed by atoms with E-state index in [1.165, 1.54) is 7.11 Å². The van der Waals surface area contributed by atoms with E-state index in [2.05, 4.69) is 15.5 Å². The van der Waals surface area contributed by atoms with Crippen LogP contribution >= 0.6 is 8.53 Å². The molecule has 0 fully saturated rings. The van der Waals surface area contributed by atoms with E-state index in [1.807, 2.05) is 27.7 Å². The molecule has 0 heterocycles. The zero-order valence-electron chi connectivity index (χ0n) is 24.8. The van der Waals surface area contributed by atoms with Gasteiger partial charge in [-0.1, -0.05) is 0 Å². The minimum Gasteiger partial charge on any atom is -0.481 e. The van der Waals surface area contributed by atoms with Crippen molar-refractivity contribution in [3.05, 3.63) is 0 Å². The summed E-state index contributed by atoms with van der Waals surface area (Å²) in [6, 6.07) is 2.16. The molecule has 0 aliphatic rings. The van der Waals surface area contributed by atoms with Crippen LogP contribution in [0, 0.1) is 16.7 Å². The van der Waals surface area contributed by atoms with Crippen molar-refractivity contribution < 1.29 is 52.6 Å². The van der Waals surface area contributed by atoms with Gasteiger partial charge in [-0.3, -0.25) is 14.4 Å². The molecule has 0 bridgehead atoms. The molecule has 0 aromatic carbocycles. The van der Waals surface area contributed by atoms with Gasteiger partial charge in [0.25, 0.3) is 8.53 Å². The Labute approximate surface area is 238 Å². The van der Waals surface area contributed by atoms with Crippen LogP contribution in [0.3, 0.4) is 0 Å². The van der Waals surface area contributed by atoms with E-state index in [9.17, 15) is 19.5 Å². The third kappa shape index (κ3) is 17.0. The number of carbonyl (C=O) groups is 3. The normalized spacial score (nSPS) is 14.2. The number of aliphatic carboxylic acids is 2. The molecular formula is C26H47N2O11P. The summed E-state index contributed by atoms with van der Waals surface area (Å²) in [5.74, 6) is -2.50. The SMILES string of the molecule is COC(=O)CCOCC(COCCC(=O)O)(COP(OCCC#N)N(C(C)C)C(C)C)COC(C)(C)CC(=O)O. The topological polar surface area (TPSA) is 174 Å². The Morgan fingerprint density at radius 1 is 0.875 bits per heavy atom. The highest BCUT2D eigenvalue weighted by molar-refractivity contribution is 7.44. The highest BCUT2D eigenvalue weighted by Gasteiger charge is 2.38. The van der Waals surface area contributed by atoms with Crippen LogP contribution in [0.4, 0.5) is 0 Å². The first kappa shape index (κ1) is 38.1. The van der Waals surface area contributed by atoms with Crippen LogP contribution in [0.15, 0.2) is 0 Å². The number of carboxylic acid groups (broad SMARTS) is 2. The minimum absolute atomic E-state index is 0.00898. The molecule has 2 unspecified atom stereocenters. The van der Waals surface area contributed by atoms with Crippen LogP contribution in [0.5, 0.6) is 0 Å². The van der Waals surface area contributed by atoms with E-state index in [0.717, 1.165) is 0 Å². The second kappa shape index (κ2) is 20.0. The Morgan fingerprint density at radius 3 is 1.93 bits per heavy atom. The third-order valence-electron chi connectivity index (χ3n) is 5.44. The summed E-state index contributed by atoms with van der Waals surface area (Å²) in [7, 11) is -0.362. The molecule has 0 aromatic heterocycles. The van der Waals surface area contributed by atoms with Crippen molar-refractivity contribution in [2.24, 2.45) is 5.41 Å². The summed E-state index contributed by atoms with van der Waals surface area (Å²) in [5.41, 5.74) is -2.07. The van der Waals surface area contributed by atoms with Crippen molar-refractivity contribution in [1.29, 1.82) is 5.26 Å². The predicted octanol–water partition coefficient (Wildman–Crippen LogP) is 3.61. The van der Waals surface area contributed by atoms with Crippen LogP contribution < -0.4 is 0 Å². The van der Waals surface area contributed by atoms with Crippen molar-refractivity contribution >= 4 is 26.4 Å². The minimum atomic E-state index is -1.64. The highest BCUT2D eigenvalue weighted by Crippen LogP contribution is 2.47. The Balaban J connectivity index is 6.11. The third-order valence-corrected chi connectivity index (χ3v) is 7.50. The van der Waals surface area contributed by atoms with Gasteiger partial charge >= 0.3 is 17.9 Å². The molecule has 40 heavy (non-hydrogen) atoms. The van der Waals surface area contributed by atoms with Gasteiger partial charge in [0.1, 0.15) is 0 Å². The molecule has 232 valence electrons. The maximum Gasteiger partial charge on any atom is 0.307 e. The summed E-state index contributed by atoms with van der Waals surface area (Å²) in [6.07, 6.45) is -0.286. The summed E-state index contributed by atoms with van der Waals surface area (Å²) in [5, 5.41) is 27.3. The van der Waals surface area contributed by atoms with Gasteiger partial charge in [-0.15, -0.1) is 0 Å². The van der Waals surface area contributed by atoms with Gasteiger partial charge in [0.2, 0.25) is 0 Å². The van der Waals surface area contributed by atoms with E-state index in [-0.39, 0.29) is 84.0 Å². The average Bonchev–Trinajstić information content (AvgIpc) is 2.84. The second-order valence-corrected chi connectivity index (χ2v) is 12.0. The molecule has 0 aromatic rings. The van der Waals surface area contributed by atoms with Crippen LogP contribution in [0.2, 0.25) is 0 Å². The Hall–Kier alpha value is -1.91. The quantitative estimate of drug-likeness (QED) is 0.0943. The second-order valence-electron chi connectivity index (χ2n) is 10.5. The molecule has 2 N–H and O–H groups in total. The summed E-state index contributed by atoms with van der Waals surface area (Å²) >= 11 is 0. The number of ether oxygens (including phenoxy) is 4. The fourth-order valence-electron chi connectivity index (χ4n) is 3.51. The van der Waals surface area contributed by atoms with E-state index < -0.39 is 37.5 Å². The lowest BCUT2D eigenvalue weighted by Crippen LogP contribution is -2.45. The maximum absolute atomic E-state index is 11.6. The summed E-state index contributed by atoms with van der Waals surface area (Å²) < 4.78 is 36.7. The van der Waals surface area contributed by atoms with Gasteiger partial charge < -0.3 is 38.2 Å². The van der Waals surface area contributed by atoms with Crippen LogP contribution in [-0.2, 0) is 42.4 Å². The molecule has 0 aliphatic heterocycles. The largest absolute Gasteiger partial charge is 0.481 e. The number of nitrogens with zero attached hydrogens (tertiary/aromatic N) is 2. The molecule has 2 atom stereocenters. The lowest BCUT2D eigenvalue weighted by atomic mass is 9.91. The molecular weight excluding hydrogens is 547 g/mol. The standard InChI is InChI=1S/C26H47N2O11P/c1-20(2)28(21(3)4)40(38-12-8-11-27)39-19-26(16-35-13-9-22(29)30,17-36-14-10-24(33)34-7)18-37-25(5,6)15-23(31)32/h20-21H,8-10,12-19H2,1-7H3,(H,29,30)(H,31,32). The number of methoxy groups -OCH3 is 1. The van der Waals surface area contributed by atoms with Crippen LogP contribution in [-0.4, -0.2) is 104 Å². The predicted molar refractivity (Wildman–Crippen MR) is 146 cm³/mol. The Kier molecular flexibility index (Phi) is 19.1. The van der Waals surface area contributed by atoms with Crippen LogP contribution in [0.1, 0.15) is 67.2 Å². The molecule has 13 nitrogen and oxygen atoms in total. The summed E-state index contributed by atoms with van der Waals surface area (Å²) in [6.45, 7) is 11.3. The maximum atomic E-state index is 11.6. The lowest BCUT2D eigenvalue weighted by molar-refractivity contribution is -0.153. The van der Waals surface area contributed by atoms with Gasteiger partial charge in [0, 0.05) is 12.1 Å². The van der Waals surface area contributed by atoms with E-state index in [0.29, 0.717) is 0 Å². The van der Waals surface area contributed by atoms with Crippen molar-refractivity contribution in [2.75, 3.05) is 53.4 Å². The first-order chi connectivity index (χ1) is 18.7. The lowest BCUT2D eigenvalue weighted by Gasteiger charge is -2.40. The smallest absolute Gasteiger partial charge is 0.307 e. The molecule has 0 aliphatic carbocycles. The Bertz CT molecular complexity index is 796. The van der Waals surface area contributed by atoms with E-state index >= 15 is 0 Å². The number of carbonyl (C=O) groups excluding carboxylic acids is 1. The van der Waals surface area contributed by atoms with E-state index in [4.69, 9.17) is 33.6 Å². The molecule has 0 spiro atoms. The first-order valence-electron chi connectivity index (χ1n) is 13.2. The molecule has 0 saturated carbocycles. The molecule has 0 rings (SSSR count). The van der Waals surface area contributed by atoms with Crippen molar-refractivity contribution in [1.82, 2.24) is 4.67 Å². The highest BCUT2D eigenvalue weighted by atomic mass is 31.2. The van der Waals surface area contributed by atoms with Gasteiger partial charge in [-0.2, -0.15) is 5.26 Å².